The summed E-state index contributed by atoms with van der Waals surface area (Å²) >= 11 is 1.05. The van der Waals surface area contributed by atoms with Crippen LogP contribution < -0.4 is 4.90 Å². The van der Waals surface area contributed by atoms with Crippen molar-refractivity contribution in [1.29, 1.82) is 0 Å². The van der Waals surface area contributed by atoms with Crippen molar-refractivity contribution in [3.8, 4) is 0 Å². The van der Waals surface area contributed by atoms with E-state index in [9.17, 15) is 9.59 Å². The van der Waals surface area contributed by atoms with Crippen LogP contribution in [0.3, 0.4) is 0 Å². The summed E-state index contributed by atoms with van der Waals surface area (Å²) in [6.45, 7) is 6.93. The fourth-order valence-electron chi connectivity index (χ4n) is 3.24. The molecule has 24 heavy (non-hydrogen) atoms. The van der Waals surface area contributed by atoms with E-state index in [2.05, 4.69) is 30.9 Å². The van der Waals surface area contributed by atoms with Gasteiger partial charge in [-0.05, 0) is 67.3 Å². The molecule has 0 aliphatic carbocycles. The molecule has 2 fully saturated rings. The van der Waals surface area contributed by atoms with Gasteiger partial charge in [-0.1, -0.05) is 19.4 Å². The summed E-state index contributed by atoms with van der Waals surface area (Å²) in [5.41, 5.74) is 3.48. The van der Waals surface area contributed by atoms with Crippen LogP contribution in [0, 0.1) is 6.92 Å². The molecular weight excluding hydrogens is 320 g/mol. The summed E-state index contributed by atoms with van der Waals surface area (Å²) in [4.78, 5) is 28.7. The second kappa shape index (κ2) is 7.43. The molecule has 5 heteroatoms. The number of anilines is 1. The Morgan fingerprint density at radius 2 is 1.96 bits per heavy atom. The van der Waals surface area contributed by atoms with E-state index in [1.807, 2.05) is 12.1 Å². The number of aryl methyl sites for hydroxylation is 1. The van der Waals surface area contributed by atoms with E-state index in [0.29, 0.717) is 11.4 Å². The number of hydrogen-bond donors (Lipinski definition) is 0. The van der Waals surface area contributed by atoms with Crippen LogP contribution in [0.15, 0.2) is 23.1 Å². The molecule has 128 valence electrons. The number of unbranched alkanes of at least 4 members (excludes halogenated alkanes) is 1. The minimum atomic E-state index is -0.153. The van der Waals surface area contributed by atoms with E-state index < -0.39 is 0 Å². The van der Waals surface area contributed by atoms with Crippen LogP contribution in [0.4, 0.5) is 10.5 Å². The lowest BCUT2D eigenvalue weighted by molar-refractivity contribution is -0.122. The van der Waals surface area contributed by atoms with Crippen LogP contribution in [0.5, 0.6) is 0 Å². The smallest absolute Gasteiger partial charge is 0.293 e. The molecule has 0 aromatic heterocycles. The SMILES string of the molecule is CCCCN1C(=O)S/C(=C\c2ccc(N3CCCC3)c(C)c2)C1=O. The minimum absolute atomic E-state index is 0.148. The molecule has 1 aromatic rings. The van der Waals surface area contributed by atoms with Gasteiger partial charge in [-0.2, -0.15) is 0 Å². The van der Waals surface area contributed by atoms with Crippen LogP contribution in [0.1, 0.15) is 43.7 Å². The lowest BCUT2D eigenvalue weighted by Crippen LogP contribution is -2.29. The first kappa shape index (κ1) is 17.1. The number of imide groups is 1. The van der Waals surface area contributed by atoms with Gasteiger partial charge < -0.3 is 4.90 Å². The maximum Gasteiger partial charge on any atom is 0.293 e. The van der Waals surface area contributed by atoms with Gasteiger partial charge in [-0.15, -0.1) is 0 Å². The zero-order chi connectivity index (χ0) is 17.1. The molecule has 4 nitrogen and oxygen atoms in total. The van der Waals surface area contributed by atoms with E-state index >= 15 is 0 Å². The first-order chi connectivity index (χ1) is 11.6. The molecule has 2 saturated heterocycles. The fraction of sp³-hybridized carbons (Fsp3) is 0.474. The summed E-state index contributed by atoms with van der Waals surface area (Å²) in [6.07, 6.45) is 6.18. The topological polar surface area (TPSA) is 40.6 Å². The van der Waals surface area contributed by atoms with Crippen molar-refractivity contribution in [2.45, 2.75) is 39.5 Å². The van der Waals surface area contributed by atoms with E-state index in [1.54, 1.807) is 0 Å². The second-order valence-electron chi connectivity index (χ2n) is 6.43. The third-order valence-electron chi connectivity index (χ3n) is 4.57. The number of nitrogens with zero attached hydrogens (tertiary/aromatic N) is 2. The van der Waals surface area contributed by atoms with E-state index in [-0.39, 0.29) is 11.1 Å². The Bertz CT molecular complexity index is 678. The maximum atomic E-state index is 12.4. The molecule has 2 aliphatic rings. The molecule has 0 radical (unpaired) electrons. The molecule has 0 spiro atoms. The van der Waals surface area contributed by atoms with Crippen molar-refractivity contribution in [1.82, 2.24) is 4.90 Å². The van der Waals surface area contributed by atoms with Gasteiger partial charge >= 0.3 is 0 Å². The quantitative estimate of drug-likeness (QED) is 0.741. The van der Waals surface area contributed by atoms with Crippen molar-refractivity contribution < 1.29 is 9.59 Å². The summed E-state index contributed by atoms with van der Waals surface area (Å²) in [5.74, 6) is -0.153. The van der Waals surface area contributed by atoms with Crippen LogP contribution in [0.2, 0.25) is 0 Å². The highest BCUT2D eigenvalue weighted by Gasteiger charge is 2.34. The van der Waals surface area contributed by atoms with Gasteiger partial charge in [0.05, 0.1) is 4.91 Å². The first-order valence-corrected chi connectivity index (χ1v) is 9.52. The number of rotatable bonds is 5. The van der Waals surface area contributed by atoms with Crippen molar-refractivity contribution in [2.24, 2.45) is 0 Å². The van der Waals surface area contributed by atoms with Gasteiger partial charge in [-0.25, -0.2) is 0 Å². The largest absolute Gasteiger partial charge is 0.371 e. The summed E-state index contributed by atoms with van der Waals surface area (Å²) in [5, 5.41) is -0.148. The molecule has 2 amide bonds. The number of benzene rings is 1. The second-order valence-corrected chi connectivity index (χ2v) is 7.42. The van der Waals surface area contributed by atoms with Gasteiger partial charge in [0.15, 0.2) is 0 Å². The zero-order valence-electron chi connectivity index (χ0n) is 14.4. The molecule has 2 heterocycles. The molecule has 0 atom stereocenters. The molecule has 1 aromatic carbocycles. The first-order valence-electron chi connectivity index (χ1n) is 8.71. The van der Waals surface area contributed by atoms with Crippen LogP contribution in [0.25, 0.3) is 6.08 Å². The zero-order valence-corrected chi connectivity index (χ0v) is 15.2. The predicted octanol–water partition coefficient (Wildman–Crippen LogP) is 4.43. The number of thioether (sulfide) groups is 1. The Morgan fingerprint density at radius 1 is 1.21 bits per heavy atom. The Kier molecular flexibility index (Phi) is 5.29. The van der Waals surface area contributed by atoms with Gasteiger partial charge in [0, 0.05) is 25.3 Å². The molecule has 0 N–H and O–H groups in total. The standard InChI is InChI=1S/C19H24N2O2S/c1-3-4-11-21-18(22)17(24-19(21)23)13-15-7-8-16(14(2)12-15)20-9-5-6-10-20/h7-8,12-13H,3-6,9-11H2,1-2H3/b17-13-. The highest BCUT2D eigenvalue weighted by Crippen LogP contribution is 2.33. The fourth-order valence-corrected chi connectivity index (χ4v) is 4.11. The van der Waals surface area contributed by atoms with E-state index in [0.717, 1.165) is 43.3 Å². The van der Waals surface area contributed by atoms with Crippen molar-refractivity contribution in [2.75, 3.05) is 24.5 Å². The molecule has 0 unspecified atom stereocenters. The van der Waals surface area contributed by atoms with E-state index in [4.69, 9.17) is 0 Å². The number of carbonyl (C=O) groups excluding carboxylic acids is 2. The van der Waals surface area contributed by atoms with Crippen LogP contribution >= 0.6 is 11.8 Å². The molecule has 0 bridgehead atoms. The monoisotopic (exact) mass is 344 g/mol. The lowest BCUT2D eigenvalue weighted by atomic mass is 10.1. The number of carbonyl (C=O) groups is 2. The highest BCUT2D eigenvalue weighted by molar-refractivity contribution is 8.18. The van der Waals surface area contributed by atoms with Crippen LogP contribution in [-0.4, -0.2) is 35.7 Å². The Labute approximate surface area is 147 Å². The third-order valence-corrected chi connectivity index (χ3v) is 5.48. The summed E-state index contributed by atoms with van der Waals surface area (Å²) in [7, 11) is 0. The molecule has 3 rings (SSSR count). The summed E-state index contributed by atoms with van der Waals surface area (Å²) < 4.78 is 0. The minimum Gasteiger partial charge on any atom is -0.371 e. The normalized spacial score (nSPS) is 19.8. The Hall–Kier alpha value is -1.75. The third kappa shape index (κ3) is 3.51. The van der Waals surface area contributed by atoms with E-state index in [1.165, 1.54) is 29.0 Å². The Balaban J connectivity index is 1.77. The van der Waals surface area contributed by atoms with Crippen LogP contribution in [-0.2, 0) is 4.79 Å². The van der Waals surface area contributed by atoms with Gasteiger partial charge in [-0.3, -0.25) is 14.5 Å². The number of hydrogen-bond acceptors (Lipinski definition) is 4. The van der Waals surface area contributed by atoms with Gasteiger partial charge in [0.1, 0.15) is 0 Å². The Morgan fingerprint density at radius 3 is 2.62 bits per heavy atom. The summed E-state index contributed by atoms with van der Waals surface area (Å²) in [6, 6.07) is 6.28. The maximum absolute atomic E-state index is 12.4. The van der Waals surface area contributed by atoms with Crippen molar-refractivity contribution in [3.63, 3.8) is 0 Å². The predicted molar refractivity (Wildman–Crippen MR) is 100 cm³/mol. The highest BCUT2D eigenvalue weighted by atomic mass is 32.2. The lowest BCUT2D eigenvalue weighted by Gasteiger charge is -2.20. The average molecular weight is 344 g/mol. The molecule has 0 saturated carbocycles. The average Bonchev–Trinajstić information content (AvgIpc) is 3.16. The van der Waals surface area contributed by atoms with Gasteiger partial charge in [0.25, 0.3) is 11.1 Å². The van der Waals surface area contributed by atoms with Crippen molar-refractivity contribution in [3.05, 3.63) is 34.2 Å². The molecular formula is C19H24N2O2S. The van der Waals surface area contributed by atoms with Gasteiger partial charge in [0.2, 0.25) is 0 Å². The number of amides is 2. The van der Waals surface area contributed by atoms with Crippen molar-refractivity contribution >= 4 is 34.7 Å². The molecule has 2 aliphatic heterocycles.